The number of H-pyrrole nitrogens is 1. The summed E-state index contributed by atoms with van der Waals surface area (Å²) in [5.41, 5.74) is 3.14. The molecule has 0 aliphatic carbocycles. The van der Waals surface area contributed by atoms with Crippen LogP contribution in [0, 0.1) is 11.3 Å². The monoisotopic (exact) mass is 270 g/mol. The molecule has 0 atom stereocenters. The highest BCUT2D eigenvalue weighted by Gasteiger charge is 2.05. The van der Waals surface area contributed by atoms with Crippen molar-refractivity contribution in [2.45, 2.75) is 12.8 Å². The number of hydrogen-bond acceptors (Lipinski definition) is 3. The smallest absolute Gasteiger partial charge is 0.0991 e. The molecule has 20 heavy (non-hydrogen) atoms. The summed E-state index contributed by atoms with van der Waals surface area (Å²) in [6.07, 6.45) is 4.24. The summed E-state index contributed by atoms with van der Waals surface area (Å²) in [5.74, 6) is 0. The molecule has 0 amide bonds. The highest BCUT2D eigenvalue weighted by molar-refractivity contribution is 5.84. The third kappa shape index (κ3) is 3.60. The zero-order chi connectivity index (χ0) is 14.4. The molecular formula is C16H22N4. The molecule has 2 N–H and O–H groups in total. The molecule has 0 saturated carbocycles. The molecule has 0 fully saturated rings. The standard InChI is InChI=1S/C16H22N4/c1-18-7-9-20(2)8-3-4-14-12-19-16-6-5-13(11-17)10-15(14)16/h5-6,10,12,18-19H,3-4,7-9H2,1-2H3. The van der Waals surface area contributed by atoms with Gasteiger partial charge in [0.1, 0.15) is 0 Å². The maximum atomic E-state index is 8.98. The summed E-state index contributed by atoms with van der Waals surface area (Å²) in [6.45, 7) is 3.18. The Bertz CT molecular complexity index is 594. The Balaban J connectivity index is 1.95. The molecule has 4 nitrogen and oxygen atoms in total. The summed E-state index contributed by atoms with van der Waals surface area (Å²) in [4.78, 5) is 5.62. The number of nitriles is 1. The van der Waals surface area contributed by atoms with Gasteiger partial charge in [0.05, 0.1) is 11.6 Å². The summed E-state index contributed by atoms with van der Waals surface area (Å²) in [5, 5.41) is 13.3. The average molecular weight is 270 g/mol. The second-order valence-corrected chi connectivity index (χ2v) is 5.20. The van der Waals surface area contributed by atoms with Gasteiger partial charge in [-0.05, 0) is 57.2 Å². The number of aromatic amines is 1. The van der Waals surface area contributed by atoms with Gasteiger partial charge in [-0.2, -0.15) is 5.26 Å². The number of benzene rings is 1. The second-order valence-electron chi connectivity index (χ2n) is 5.20. The van der Waals surface area contributed by atoms with Crippen molar-refractivity contribution in [1.29, 1.82) is 5.26 Å². The summed E-state index contributed by atoms with van der Waals surface area (Å²) in [7, 11) is 4.13. The van der Waals surface area contributed by atoms with Gasteiger partial charge in [-0.25, -0.2) is 0 Å². The molecule has 1 heterocycles. The van der Waals surface area contributed by atoms with Crippen molar-refractivity contribution in [2.24, 2.45) is 0 Å². The van der Waals surface area contributed by atoms with Crippen molar-refractivity contribution in [3.63, 3.8) is 0 Å². The van der Waals surface area contributed by atoms with Crippen LogP contribution in [0.5, 0.6) is 0 Å². The number of likely N-dealkylation sites (N-methyl/N-ethyl adjacent to an activating group) is 2. The van der Waals surface area contributed by atoms with Crippen molar-refractivity contribution in [1.82, 2.24) is 15.2 Å². The lowest BCUT2D eigenvalue weighted by Gasteiger charge is -2.15. The van der Waals surface area contributed by atoms with Crippen molar-refractivity contribution in [3.8, 4) is 6.07 Å². The topological polar surface area (TPSA) is 54.8 Å². The minimum atomic E-state index is 0.726. The van der Waals surface area contributed by atoms with E-state index in [4.69, 9.17) is 5.26 Å². The Hall–Kier alpha value is -1.83. The first-order valence-electron chi connectivity index (χ1n) is 7.08. The minimum Gasteiger partial charge on any atom is -0.361 e. The van der Waals surface area contributed by atoms with Crippen molar-refractivity contribution >= 4 is 10.9 Å². The van der Waals surface area contributed by atoms with Gasteiger partial charge in [0.25, 0.3) is 0 Å². The Morgan fingerprint density at radius 2 is 2.20 bits per heavy atom. The molecule has 1 aromatic heterocycles. The van der Waals surface area contributed by atoms with E-state index in [1.54, 1.807) is 0 Å². The van der Waals surface area contributed by atoms with Gasteiger partial charge in [-0.1, -0.05) is 0 Å². The largest absolute Gasteiger partial charge is 0.361 e. The first kappa shape index (κ1) is 14.6. The maximum absolute atomic E-state index is 8.98. The molecule has 2 rings (SSSR count). The molecule has 0 saturated heterocycles. The molecule has 1 aromatic carbocycles. The molecule has 0 spiro atoms. The fourth-order valence-corrected chi connectivity index (χ4v) is 2.41. The molecule has 106 valence electrons. The lowest BCUT2D eigenvalue weighted by molar-refractivity contribution is 0.331. The van der Waals surface area contributed by atoms with E-state index >= 15 is 0 Å². The van der Waals surface area contributed by atoms with Crippen molar-refractivity contribution in [3.05, 3.63) is 35.5 Å². The van der Waals surface area contributed by atoms with Gasteiger partial charge in [0.2, 0.25) is 0 Å². The van der Waals surface area contributed by atoms with Gasteiger partial charge in [-0.15, -0.1) is 0 Å². The SMILES string of the molecule is CNCCN(C)CCCc1c[nH]c2ccc(C#N)cc12. The number of nitrogens with one attached hydrogen (secondary N) is 2. The highest BCUT2D eigenvalue weighted by Crippen LogP contribution is 2.20. The van der Waals surface area contributed by atoms with Crippen molar-refractivity contribution in [2.75, 3.05) is 33.7 Å². The first-order valence-corrected chi connectivity index (χ1v) is 7.08. The van der Waals surface area contributed by atoms with Gasteiger partial charge in [0, 0.05) is 30.2 Å². The third-order valence-corrected chi connectivity index (χ3v) is 3.63. The van der Waals surface area contributed by atoms with Crippen LogP contribution in [0.2, 0.25) is 0 Å². The molecule has 0 unspecified atom stereocenters. The Morgan fingerprint density at radius 1 is 1.35 bits per heavy atom. The summed E-state index contributed by atoms with van der Waals surface area (Å²) in [6, 6.07) is 8.02. The van der Waals surface area contributed by atoms with E-state index in [0.717, 1.165) is 43.6 Å². The van der Waals surface area contributed by atoms with E-state index in [0.29, 0.717) is 0 Å². The quantitative estimate of drug-likeness (QED) is 0.810. The predicted molar refractivity (Wildman–Crippen MR) is 82.8 cm³/mol. The number of rotatable bonds is 7. The summed E-state index contributed by atoms with van der Waals surface area (Å²) < 4.78 is 0. The number of nitrogens with zero attached hydrogens (tertiary/aromatic N) is 2. The fraction of sp³-hybridized carbons (Fsp3) is 0.438. The van der Waals surface area contributed by atoms with Crippen LogP contribution in [0.25, 0.3) is 10.9 Å². The number of aryl methyl sites for hydroxylation is 1. The van der Waals surface area contributed by atoms with Gasteiger partial charge < -0.3 is 15.2 Å². The van der Waals surface area contributed by atoms with E-state index in [-0.39, 0.29) is 0 Å². The maximum Gasteiger partial charge on any atom is 0.0991 e. The van der Waals surface area contributed by atoms with E-state index in [9.17, 15) is 0 Å². The molecule has 0 aliphatic heterocycles. The van der Waals surface area contributed by atoms with Crippen LogP contribution in [0.1, 0.15) is 17.5 Å². The predicted octanol–water partition coefficient (Wildman–Crippen LogP) is 2.12. The van der Waals surface area contributed by atoms with Crippen LogP contribution in [0.15, 0.2) is 24.4 Å². The Labute approximate surface area is 120 Å². The van der Waals surface area contributed by atoms with Crippen molar-refractivity contribution < 1.29 is 0 Å². The third-order valence-electron chi connectivity index (χ3n) is 3.63. The average Bonchev–Trinajstić information content (AvgIpc) is 2.87. The Morgan fingerprint density at radius 3 is 2.95 bits per heavy atom. The van der Waals surface area contributed by atoms with Gasteiger partial charge >= 0.3 is 0 Å². The van der Waals surface area contributed by atoms with Crippen LogP contribution < -0.4 is 5.32 Å². The zero-order valence-electron chi connectivity index (χ0n) is 12.2. The van der Waals surface area contributed by atoms with Crippen LogP contribution >= 0.6 is 0 Å². The number of aromatic nitrogens is 1. The molecule has 2 aromatic rings. The lowest BCUT2D eigenvalue weighted by Crippen LogP contribution is -2.28. The molecular weight excluding hydrogens is 248 g/mol. The van der Waals surface area contributed by atoms with Crippen LogP contribution in [0.4, 0.5) is 0 Å². The van der Waals surface area contributed by atoms with Crippen LogP contribution in [-0.4, -0.2) is 43.6 Å². The zero-order valence-corrected chi connectivity index (χ0v) is 12.2. The van der Waals surface area contributed by atoms with E-state index in [1.165, 1.54) is 10.9 Å². The van der Waals surface area contributed by atoms with E-state index < -0.39 is 0 Å². The van der Waals surface area contributed by atoms with E-state index in [2.05, 4.69) is 34.5 Å². The minimum absolute atomic E-state index is 0.726. The van der Waals surface area contributed by atoms with Gasteiger partial charge in [0.15, 0.2) is 0 Å². The highest BCUT2D eigenvalue weighted by atomic mass is 15.1. The first-order chi connectivity index (χ1) is 9.74. The molecule has 4 heteroatoms. The number of hydrogen-bond donors (Lipinski definition) is 2. The van der Waals surface area contributed by atoms with Crippen LogP contribution in [0.3, 0.4) is 0 Å². The van der Waals surface area contributed by atoms with Crippen LogP contribution in [-0.2, 0) is 6.42 Å². The second kappa shape index (κ2) is 7.09. The summed E-state index contributed by atoms with van der Waals surface area (Å²) >= 11 is 0. The number of fused-ring (bicyclic) bond motifs is 1. The Kier molecular flexibility index (Phi) is 5.16. The van der Waals surface area contributed by atoms with E-state index in [1.807, 2.05) is 25.2 Å². The molecule has 0 radical (unpaired) electrons. The normalized spacial score (nSPS) is 11.1. The molecule has 0 aliphatic rings. The lowest BCUT2D eigenvalue weighted by atomic mass is 10.1. The van der Waals surface area contributed by atoms with Gasteiger partial charge in [-0.3, -0.25) is 0 Å². The fourth-order valence-electron chi connectivity index (χ4n) is 2.41. The molecule has 0 bridgehead atoms.